The molecule has 1 unspecified atom stereocenters. The van der Waals surface area contributed by atoms with E-state index in [9.17, 15) is 13.2 Å². The van der Waals surface area contributed by atoms with E-state index in [0.29, 0.717) is 6.42 Å². The number of carbonyl (C=O) groups excluding carboxylic acids is 1. The molecule has 0 N–H and O–H groups in total. The molecule has 1 aromatic heterocycles. The highest BCUT2D eigenvalue weighted by Gasteiger charge is 2.38. The number of sulfone groups is 1. The summed E-state index contributed by atoms with van der Waals surface area (Å²) in [4.78, 5) is 19.6. The van der Waals surface area contributed by atoms with Gasteiger partial charge in [-0.05, 0) is 37.8 Å². The molecule has 1 amide bonds. The summed E-state index contributed by atoms with van der Waals surface area (Å²) in [6.45, 7) is 2.05. The highest BCUT2D eigenvalue weighted by Crippen LogP contribution is 2.31. The summed E-state index contributed by atoms with van der Waals surface area (Å²) in [6.07, 6.45) is 8.39. The SMILES string of the molecule is Cc1ccccc1-n1ccnc1SCC(=O)N(C1CCCC1)C1CCS(=O)(=O)C1. The minimum atomic E-state index is -3.03. The first-order chi connectivity index (χ1) is 13.9. The Balaban J connectivity index is 1.49. The van der Waals surface area contributed by atoms with Crippen LogP contribution in [0.3, 0.4) is 0 Å². The monoisotopic (exact) mass is 433 g/mol. The Morgan fingerprint density at radius 2 is 1.97 bits per heavy atom. The Labute approximate surface area is 176 Å². The summed E-state index contributed by atoms with van der Waals surface area (Å²) in [5, 5.41) is 0.776. The lowest BCUT2D eigenvalue weighted by Gasteiger charge is -2.34. The van der Waals surface area contributed by atoms with Crippen molar-refractivity contribution in [1.29, 1.82) is 0 Å². The second-order valence-corrected chi connectivity index (χ2v) is 11.1. The van der Waals surface area contributed by atoms with E-state index in [1.54, 1.807) is 6.20 Å². The van der Waals surface area contributed by atoms with Crippen LogP contribution in [0.1, 0.15) is 37.7 Å². The van der Waals surface area contributed by atoms with Gasteiger partial charge in [-0.3, -0.25) is 9.36 Å². The highest BCUT2D eigenvalue weighted by molar-refractivity contribution is 7.99. The molecule has 2 fully saturated rings. The quantitative estimate of drug-likeness (QED) is 0.654. The largest absolute Gasteiger partial charge is 0.335 e. The van der Waals surface area contributed by atoms with Gasteiger partial charge < -0.3 is 4.90 Å². The van der Waals surface area contributed by atoms with Crippen molar-refractivity contribution in [2.45, 2.75) is 56.3 Å². The van der Waals surface area contributed by atoms with Gasteiger partial charge in [-0.1, -0.05) is 42.8 Å². The first-order valence-corrected chi connectivity index (χ1v) is 13.0. The third-order valence-electron chi connectivity index (χ3n) is 5.91. The molecule has 6 nitrogen and oxygen atoms in total. The number of aromatic nitrogens is 2. The summed E-state index contributed by atoms with van der Waals surface area (Å²) < 4.78 is 26.0. The van der Waals surface area contributed by atoms with E-state index in [1.165, 1.54) is 11.8 Å². The third kappa shape index (κ3) is 4.53. The molecular weight excluding hydrogens is 406 g/mol. The maximum Gasteiger partial charge on any atom is 0.233 e. The van der Waals surface area contributed by atoms with Crippen LogP contribution >= 0.6 is 11.8 Å². The fraction of sp³-hybridized carbons (Fsp3) is 0.524. The van der Waals surface area contributed by atoms with Crippen LogP contribution in [0.5, 0.6) is 0 Å². The summed E-state index contributed by atoms with van der Waals surface area (Å²) in [6, 6.07) is 8.09. The molecule has 1 aromatic carbocycles. The van der Waals surface area contributed by atoms with Crippen LogP contribution in [0, 0.1) is 6.92 Å². The van der Waals surface area contributed by atoms with Crippen molar-refractivity contribution < 1.29 is 13.2 Å². The van der Waals surface area contributed by atoms with Gasteiger partial charge in [0.1, 0.15) is 0 Å². The number of carbonyl (C=O) groups is 1. The highest BCUT2D eigenvalue weighted by atomic mass is 32.2. The number of hydrogen-bond donors (Lipinski definition) is 0. The lowest BCUT2D eigenvalue weighted by atomic mass is 10.1. The van der Waals surface area contributed by atoms with Crippen LogP contribution in [0.15, 0.2) is 41.8 Å². The molecule has 2 aromatic rings. The maximum atomic E-state index is 13.2. The topological polar surface area (TPSA) is 72.3 Å². The zero-order chi connectivity index (χ0) is 20.4. The second kappa shape index (κ2) is 8.52. The molecule has 2 aliphatic rings. The van der Waals surface area contributed by atoms with E-state index >= 15 is 0 Å². The van der Waals surface area contributed by atoms with Crippen LogP contribution in [-0.2, 0) is 14.6 Å². The van der Waals surface area contributed by atoms with Crippen LogP contribution in [-0.4, -0.2) is 58.1 Å². The summed E-state index contributed by atoms with van der Waals surface area (Å²) in [7, 11) is -3.03. The van der Waals surface area contributed by atoms with E-state index in [4.69, 9.17) is 0 Å². The van der Waals surface area contributed by atoms with Crippen LogP contribution in [0.2, 0.25) is 0 Å². The van der Waals surface area contributed by atoms with Gasteiger partial charge in [-0.25, -0.2) is 13.4 Å². The lowest BCUT2D eigenvalue weighted by molar-refractivity contribution is -0.132. The van der Waals surface area contributed by atoms with Gasteiger partial charge in [0.05, 0.1) is 22.9 Å². The predicted octanol–water partition coefficient (Wildman–Crippen LogP) is 3.23. The van der Waals surface area contributed by atoms with Gasteiger partial charge in [0.25, 0.3) is 0 Å². The van der Waals surface area contributed by atoms with Gasteiger partial charge >= 0.3 is 0 Å². The fourth-order valence-electron chi connectivity index (χ4n) is 4.50. The molecule has 1 saturated carbocycles. The smallest absolute Gasteiger partial charge is 0.233 e. The molecule has 29 heavy (non-hydrogen) atoms. The average molecular weight is 434 g/mol. The van der Waals surface area contributed by atoms with Gasteiger partial charge in [0, 0.05) is 24.5 Å². The first kappa shape index (κ1) is 20.5. The number of imidazole rings is 1. The number of amides is 1. The maximum absolute atomic E-state index is 13.2. The van der Waals surface area contributed by atoms with E-state index in [0.717, 1.165) is 42.1 Å². The molecule has 1 aliphatic heterocycles. The number of benzene rings is 1. The van der Waals surface area contributed by atoms with Crippen LogP contribution in [0.4, 0.5) is 0 Å². The molecule has 0 radical (unpaired) electrons. The molecule has 2 heterocycles. The molecule has 0 bridgehead atoms. The summed E-state index contributed by atoms with van der Waals surface area (Å²) >= 11 is 1.42. The Hall–Kier alpha value is -1.80. The fourth-order valence-corrected chi connectivity index (χ4v) is 7.04. The number of aryl methyl sites for hydroxylation is 1. The summed E-state index contributed by atoms with van der Waals surface area (Å²) in [5.74, 6) is 0.607. The van der Waals surface area contributed by atoms with Crippen molar-refractivity contribution in [2.24, 2.45) is 0 Å². The molecule has 8 heteroatoms. The predicted molar refractivity (Wildman–Crippen MR) is 115 cm³/mol. The normalized spacial score (nSPS) is 21.5. The number of rotatable bonds is 6. The number of hydrogen-bond acceptors (Lipinski definition) is 5. The van der Waals surface area contributed by atoms with Crippen molar-refractivity contribution in [1.82, 2.24) is 14.5 Å². The molecule has 4 rings (SSSR count). The third-order valence-corrected chi connectivity index (χ3v) is 8.62. The van der Waals surface area contributed by atoms with Crippen molar-refractivity contribution >= 4 is 27.5 Å². The van der Waals surface area contributed by atoms with Crippen molar-refractivity contribution in [2.75, 3.05) is 17.3 Å². The van der Waals surface area contributed by atoms with Crippen molar-refractivity contribution in [3.8, 4) is 5.69 Å². The second-order valence-electron chi connectivity index (χ2n) is 7.95. The molecule has 0 spiro atoms. The lowest BCUT2D eigenvalue weighted by Crippen LogP contribution is -2.47. The zero-order valence-electron chi connectivity index (χ0n) is 16.7. The number of thioether (sulfide) groups is 1. The van der Waals surface area contributed by atoms with Crippen molar-refractivity contribution in [3.63, 3.8) is 0 Å². The molecular formula is C21H27N3O3S2. The minimum Gasteiger partial charge on any atom is -0.335 e. The van der Waals surface area contributed by atoms with E-state index < -0.39 is 9.84 Å². The first-order valence-electron chi connectivity index (χ1n) is 10.2. The Morgan fingerprint density at radius 3 is 2.66 bits per heavy atom. The Bertz CT molecular complexity index is 981. The molecule has 156 valence electrons. The average Bonchev–Trinajstić information content (AvgIpc) is 3.42. The van der Waals surface area contributed by atoms with Crippen LogP contribution in [0.25, 0.3) is 5.69 Å². The summed E-state index contributed by atoms with van der Waals surface area (Å²) in [5.41, 5.74) is 2.19. The number of para-hydroxylation sites is 1. The van der Waals surface area contributed by atoms with E-state index in [-0.39, 0.29) is 35.2 Å². The minimum absolute atomic E-state index is 0.0309. The number of nitrogens with zero attached hydrogens (tertiary/aromatic N) is 3. The standard InChI is InChI=1S/C21H27N3O3S2/c1-16-6-2-5-9-19(16)23-12-11-22-21(23)28-14-20(25)24(17-7-3-4-8-17)18-10-13-29(26,27)15-18/h2,5-6,9,11-12,17-18H,3-4,7-8,10,13-15H2,1H3. The Kier molecular flexibility index (Phi) is 6.01. The molecule has 1 saturated heterocycles. The van der Waals surface area contributed by atoms with Gasteiger partial charge in [-0.2, -0.15) is 0 Å². The molecule has 1 atom stereocenters. The molecule has 1 aliphatic carbocycles. The van der Waals surface area contributed by atoms with Crippen LogP contribution < -0.4 is 0 Å². The van der Waals surface area contributed by atoms with Gasteiger partial charge in [-0.15, -0.1) is 0 Å². The zero-order valence-corrected chi connectivity index (χ0v) is 18.3. The van der Waals surface area contributed by atoms with E-state index in [1.807, 2.05) is 33.9 Å². The Morgan fingerprint density at radius 1 is 1.21 bits per heavy atom. The van der Waals surface area contributed by atoms with Gasteiger partial charge in [0.15, 0.2) is 15.0 Å². The van der Waals surface area contributed by atoms with Gasteiger partial charge in [0.2, 0.25) is 5.91 Å². The van der Waals surface area contributed by atoms with Crippen molar-refractivity contribution in [3.05, 3.63) is 42.2 Å². The van der Waals surface area contributed by atoms with E-state index in [2.05, 4.69) is 18.0 Å².